The molecule has 17 heavy (non-hydrogen) atoms. The number of halogens is 3. The average Bonchev–Trinajstić information content (AvgIpc) is 2.23. The molecular formula is C11H15Cl3N2O. The third-order valence-electron chi connectivity index (χ3n) is 1.92. The lowest BCUT2D eigenvalue weighted by atomic mass is 10.3. The predicted molar refractivity (Wildman–Crippen MR) is 75.5 cm³/mol. The van der Waals surface area contributed by atoms with Gasteiger partial charge in [-0.2, -0.15) is 0 Å². The Balaban J connectivity index is 0.00000256. The lowest BCUT2D eigenvalue weighted by Gasteiger charge is -2.07. The van der Waals surface area contributed by atoms with E-state index in [-0.39, 0.29) is 24.9 Å². The van der Waals surface area contributed by atoms with Crippen LogP contribution in [0.5, 0.6) is 0 Å². The van der Waals surface area contributed by atoms with E-state index in [4.69, 9.17) is 23.2 Å². The zero-order chi connectivity index (χ0) is 12.0. The summed E-state index contributed by atoms with van der Waals surface area (Å²) in [4.78, 5) is 11.5. The van der Waals surface area contributed by atoms with Crippen LogP contribution in [0.15, 0.2) is 18.2 Å². The van der Waals surface area contributed by atoms with Crippen LogP contribution >= 0.6 is 35.6 Å². The molecule has 2 N–H and O–H groups in total. The van der Waals surface area contributed by atoms with Gasteiger partial charge in [0.15, 0.2) is 0 Å². The first kappa shape index (κ1) is 16.5. The Labute approximate surface area is 117 Å². The van der Waals surface area contributed by atoms with Gasteiger partial charge >= 0.3 is 0 Å². The van der Waals surface area contributed by atoms with E-state index in [1.807, 2.05) is 6.92 Å². The average molecular weight is 298 g/mol. The van der Waals surface area contributed by atoms with Gasteiger partial charge in [-0.1, -0.05) is 30.1 Å². The number of benzene rings is 1. The lowest BCUT2D eigenvalue weighted by Crippen LogP contribution is -2.28. The molecule has 0 fully saturated rings. The molecule has 0 unspecified atom stereocenters. The standard InChI is InChI=1S/C11H14Cl2N2O.ClH/c1-2-5-14-7-11(16)15-10-4-3-8(12)6-9(10)13;/h3-4,6,14H,2,5,7H2,1H3,(H,15,16);1H. The number of hydrogen-bond donors (Lipinski definition) is 2. The van der Waals surface area contributed by atoms with E-state index in [2.05, 4.69) is 10.6 Å². The molecule has 0 saturated heterocycles. The van der Waals surface area contributed by atoms with Crippen LogP contribution in [0.4, 0.5) is 5.69 Å². The summed E-state index contributed by atoms with van der Waals surface area (Å²) >= 11 is 11.7. The van der Waals surface area contributed by atoms with Crippen molar-refractivity contribution < 1.29 is 4.79 Å². The van der Waals surface area contributed by atoms with Crippen LogP contribution in [-0.2, 0) is 4.79 Å². The Morgan fingerprint density at radius 1 is 1.35 bits per heavy atom. The summed E-state index contributed by atoms with van der Waals surface area (Å²) in [5.41, 5.74) is 0.578. The first-order valence-corrected chi connectivity index (χ1v) is 5.84. The summed E-state index contributed by atoms with van der Waals surface area (Å²) in [5, 5.41) is 6.70. The van der Waals surface area contributed by atoms with Crippen LogP contribution in [0, 0.1) is 0 Å². The molecule has 1 aromatic rings. The SMILES string of the molecule is CCCNCC(=O)Nc1ccc(Cl)cc1Cl.Cl. The van der Waals surface area contributed by atoms with E-state index < -0.39 is 0 Å². The van der Waals surface area contributed by atoms with Crippen molar-refractivity contribution in [2.75, 3.05) is 18.4 Å². The smallest absolute Gasteiger partial charge is 0.238 e. The lowest BCUT2D eigenvalue weighted by molar-refractivity contribution is -0.115. The van der Waals surface area contributed by atoms with Crippen LogP contribution in [0.3, 0.4) is 0 Å². The Morgan fingerprint density at radius 2 is 2.06 bits per heavy atom. The van der Waals surface area contributed by atoms with E-state index in [0.717, 1.165) is 13.0 Å². The van der Waals surface area contributed by atoms with Crippen molar-refractivity contribution >= 4 is 47.2 Å². The van der Waals surface area contributed by atoms with Gasteiger partial charge in [-0.25, -0.2) is 0 Å². The minimum absolute atomic E-state index is 0. The molecule has 0 heterocycles. The van der Waals surface area contributed by atoms with Crippen LogP contribution in [0.2, 0.25) is 10.0 Å². The fourth-order valence-electron chi connectivity index (χ4n) is 1.16. The molecular weight excluding hydrogens is 282 g/mol. The highest BCUT2D eigenvalue weighted by Gasteiger charge is 2.05. The van der Waals surface area contributed by atoms with E-state index in [1.54, 1.807) is 18.2 Å². The van der Waals surface area contributed by atoms with Gasteiger partial charge in [0, 0.05) is 5.02 Å². The van der Waals surface area contributed by atoms with Crippen molar-refractivity contribution in [3.05, 3.63) is 28.2 Å². The number of nitrogens with one attached hydrogen (secondary N) is 2. The Hall–Kier alpha value is -0.480. The fourth-order valence-corrected chi connectivity index (χ4v) is 1.62. The molecule has 0 radical (unpaired) electrons. The van der Waals surface area contributed by atoms with Gasteiger partial charge in [0.2, 0.25) is 5.91 Å². The second-order valence-corrected chi connectivity index (χ2v) is 4.19. The summed E-state index contributed by atoms with van der Waals surface area (Å²) in [7, 11) is 0. The van der Waals surface area contributed by atoms with Crippen molar-refractivity contribution in [3.8, 4) is 0 Å². The second-order valence-electron chi connectivity index (χ2n) is 3.35. The largest absolute Gasteiger partial charge is 0.324 e. The Kier molecular flexibility index (Phi) is 8.35. The highest BCUT2D eigenvalue weighted by molar-refractivity contribution is 6.36. The van der Waals surface area contributed by atoms with Crippen LogP contribution in [0.1, 0.15) is 13.3 Å². The van der Waals surface area contributed by atoms with Gasteiger partial charge < -0.3 is 10.6 Å². The quantitative estimate of drug-likeness (QED) is 0.818. The zero-order valence-corrected chi connectivity index (χ0v) is 11.8. The van der Waals surface area contributed by atoms with Gasteiger partial charge in [-0.15, -0.1) is 12.4 Å². The fraction of sp³-hybridized carbons (Fsp3) is 0.364. The van der Waals surface area contributed by atoms with Crippen molar-refractivity contribution in [2.24, 2.45) is 0 Å². The van der Waals surface area contributed by atoms with Gasteiger partial charge in [-0.05, 0) is 31.2 Å². The number of amides is 1. The molecule has 6 heteroatoms. The van der Waals surface area contributed by atoms with Crippen molar-refractivity contribution in [2.45, 2.75) is 13.3 Å². The topological polar surface area (TPSA) is 41.1 Å². The molecule has 1 rings (SSSR count). The van der Waals surface area contributed by atoms with Crippen molar-refractivity contribution in [1.82, 2.24) is 5.32 Å². The third-order valence-corrected chi connectivity index (χ3v) is 2.47. The maximum absolute atomic E-state index is 11.5. The number of hydrogen-bond acceptors (Lipinski definition) is 2. The van der Waals surface area contributed by atoms with Gasteiger partial charge in [0.05, 0.1) is 17.3 Å². The minimum Gasteiger partial charge on any atom is -0.324 e. The maximum atomic E-state index is 11.5. The number of carbonyl (C=O) groups excluding carboxylic acids is 1. The van der Waals surface area contributed by atoms with E-state index in [0.29, 0.717) is 15.7 Å². The molecule has 0 aromatic heterocycles. The van der Waals surface area contributed by atoms with Gasteiger partial charge in [-0.3, -0.25) is 4.79 Å². The number of rotatable bonds is 5. The third kappa shape index (κ3) is 6.13. The molecule has 96 valence electrons. The Bertz CT molecular complexity index is 372. The summed E-state index contributed by atoms with van der Waals surface area (Å²) in [6, 6.07) is 4.96. The summed E-state index contributed by atoms with van der Waals surface area (Å²) in [6.45, 7) is 3.15. The normalized spacial score (nSPS) is 9.59. The van der Waals surface area contributed by atoms with Crippen LogP contribution < -0.4 is 10.6 Å². The molecule has 0 aliphatic rings. The molecule has 0 bridgehead atoms. The van der Waals surface area contributed by atoms with Crippen molar-refractivity contribution in [1.29, 1.82) is 0 Å². The first-order valence-electron chi connectivity index (χ1n) is 5.09. The summed E-state index contributed by atoms with van der Waals surface area (Å²) < 4.78 is 0. The molecule has 3 nitrogen and oxygen atoms in total. The molecule has 1 aromatic carbocycles. The van der Waals surface area contributed by atoms with E-state index in [9.17, 15) is 4.79 Å². The molecule has 0 saturated carbocycles. The minimum atomic E-state index is -0.113. The van der Waals surface area contributed by atoms with Crippen molar-refractivity contribution in [3.63, 3.8) is 0 Å². The van der Waals surface area contributed by atoms with Crippen LogP contribution in [0.25, 0.3) is 0 Å². The number of carbonyl (C=O) groups is 1. The maximum Gasteiger partial charge on any atom is 0.238 e. The number of anilines is 1. The van der Waals surface area contributed by atoms with E-state index in [1.165, 1.54) is 0 Å². The molecule has 0 aliphatic carbocycles. The summed E-state index contributed by atoms with van der Waals surface area (Å²) in [5.74, 6) is -0.113. The first-order chi connectivity index (χ1) is 7.63. The highest BCUT2D eigenvalue weighted by atomic mass is 35.5. The summed E-state index contributed by atoms with van der Waals surface area (Å²) in [6.07, 6.45) is 0.995. The second kappa shape index (κ2) is 8.59. The molecule has 1 amide bonds. The molecule has 0 aliphatic heterocycles. The molecule has 0 atom stereocenters. The van der Waals surface area contributed by atoms with Gasteiger partial charge in [0.1, 0.15) is 0 Å². The van der Waals surface area contributed by atoms with Crippen LogP contribution in [-0.4, -0.2) is 19.0 Å². The monoisotopic (exact) mass is 296 g/mol. The van der Waals surface area contributed by atoms with Gasteiger partial charge in [0.25, 0.3) is 0 Å². The predicted octanol–water partition coefficient (Wildman–Crippen LogP) is 3.35. The molecule has 0 spiro atoms. The van der Waals surface area contributed by atoms with E-state index >= 15 is 0 Å². The Morgan fingerprint density at radius 3 is 2.65 bits per heavy atom. The highest BCUT2D eigenvalue weighted by Crippen LogP contribution is 2.25. The zero-order valence-electron chi connectivity index (χ0n) is 9.43.